The summed E-state index contributed by atoms with van der Waals surface area (Å²) >= 11 is 0. The number of aromatic nitrogens is 2. The Labute approximate surface area is 115 Å². The Balaban J connectivity index is 1.99. The van der Waals surface area contributed by atoms with Crippen molar-refractivity contribution in [3.8, 4) is 0 Å². The zero-order valence-corrected chi connectivity index (χ0v) is 10.9. The predicted molar refractivity (Wildman–Crippen MR) is 72.6 cm³/mol. The minimum Gasteiger partial charge on any atom is -0.391 e. The summed E-state index contributed by atoms with van der Waals surface area (Å²) in [4.78, 5) is 30.3. The average molecular weight is 273 g/mol. The number of rotatable bonds is 1. The third kappa shape index (κ3) is 2.18. The van der Waals surface area contributed by atoms with E-state index >= 15 is 0 Å². The van der Waals surface area contributed by atoms with E-state index in [9.17, 15) is 14.7 Å². The Morgan fingerprint density at radius 2 is 2.25 bits per heavy atom. The first-order valence-electron chi connectivity index (χ1n) is 6.60. The number of fused-ring (bicyclic) bond motifs is 1. The van der Waals surface area contributed by atoms with E-state index in [1.54, 1.807) is 24.4 Å². The Bertz CT molecular complexity index is 710. The van der Waals surface area contributed by atoms with Crippen molar-refractivity contribution in [2.75, 3.05) is 13.1 Å². The molecule has 0 aromatic carbocycles. The quantitative estimate of drug-likeness (QED) is 0.810. The van der Waals surface area contributed by atoms with Gasteiger partial charge in [0.15, 0.2) is 0 Å². The number of carbonyl (C=O) groups is 1. The molecule has 1 saturated heterocycles. The van der Waals surface area contributed by atoms with Crippen LogP contribution >= 0.6 is 0 Å². The molecule has 104 valence electrons. The molecule has 0 aliphatic carbocycles. The van der Waals surface area contributed by atoms with Crippen molar-refractivity contribution in [1.82, 2.24) is 14.3 Å². The van der Waals surface area contributed by atoms with Crippen LogP contribution in [-0.4, -0.2) is 44.5 Å². The number of aliphatic hydroxyl groups excluding tert-OH is 1. The molecule has 1 unspecified atom stereocenters. The van der Waals surface area contributed by atoms with E-state index in [1.165, 1.54) is 15.5 Å². The normalized spacial score (nSPS) is 19.2. The van der Waals surface area contributed by atoms with Crippen molar-refractivity contribution in [1.29, 1.82) is 0 Å². The highest BCUT2D eigenvalue weighted by molar-refractivity contribution is 5.93. The van der Waals surface area contributed by atoms with Gasteiger partial charge in [-0.1, -0.05) is 6.07 Å². The second kappa shape index (κ2) is 5.05. The number of carbonyl (C=O) groups excluding carboxylic acids is 1. The van der Waals surface area contributed by atoms with Gasteiger partial charge in [-0.05, 0) is 25.0 Å². The molecule has 6 nitrogen and oxygen atoms in total. The number of likely N-dealkylation sites (tertiary alicyclic amines) is 1. The van der Waals surface area contributed by atoms with Gasteiger partial charge in [0.1, 0.15) is 11.2 Å². The van der Waals surface area contributed by atoms with Gasteiger partial charge in [-0.2, -0.15) is 0 Å². The van der Waals surface area contributed by atoms with Crippen molar-refractivity contribution < 1.29 is 9.90 Å². The van der Waals surface area contributed by atoms with Gasteiger partial charge < -0.3 is 10.0 Å². The first-order chi connectivity index (χ1) is 9.66. The smallest absolute Gasteiger partial charge is 0.270 e. The molecule has 3 heterocycles. The monoisotopic (exact) mass is 273 g/mol. The van der Waals surface area contributed by atoms with Crippen LogP contribution in [0.4, 0.5) is 0 Å². The molecule has 2 aromatic heterocycles. The molecule has 1 fully saturated rings. The predicted octanol–water partition coefficient (Wildman–Crippen LogP) is 0.291. The van der Waals surface area contributed by atoms with Crippen LogP contribution in [0.15, 0.2) is 35.4 Å². The Kier molecular flexibility index (Phi) is 3.23. The molecule has 2 aromatic rings. The first kappa shape index (κ1) is 12.8. The van der Waals surface area contributed by atoms with Crippen LogP contribution in [0, 0.1) is 0 Å². The molecule has 0 radical (unpaired) electrons. The molecule has 1 atom stereocenters. The summed E-state index contributed by atoms with van der Waals surface area (Å²) in [6.45, 7) is 0.836. The molecule has 6 heteroatoms. The zero-order valence-electron chi connectivity index (χ0n) is 10.9. The topological polar surface area (TPSA) is 74.9 Å². The van der Waals surface area contributed by atoms with Crippen molar-refractivity contribution in [3.05, 3.63) is 46.5 Å². The summed E-state index contributed by atoms with van der Waals surface area (Å²) in [5.41, 5.74) is 0.177. The average Bonchev–Trinajstić information content (AvgIpc) is 2.47. The molecule has 20 heavy (non-hydrogen) atoms. The van der Waals surface area contributed by atoms with E-state index in [1.807, 2.05) is 0 Å². The fourth-order valence-electron chi connectivity index (χ4n) is 2.48. The number of aliphatic hydroxyl groups is 1. The first-order valence-corrected chi connectivity index (χ1v) is 6.60. The van der Waals surface area contributed by atoms with Gasteiger partial charge in [0.25, 0.3) is 11.5 Å². The summed E-state index contributed by atoms with van der Waals surface area (Å²) in [7, 11) is 0. The SMILES string of the molecule is O=C(c1cnc2ccccn2c1=O)N1CCCC(O)C1. The van der Waals surface area contributed by atoms with Crippen molar-refractivity contribution >= 4 is 11.6 Å². The fourth-order valence-corrected chi connectivity index (χ4v) is 2.48. The Hall–Kier alpha value is -2.21. The van der Waals surface area contributed by atoms with Gasteiger partial charge >= 0.3 is 0 Å². The number of hydrogen-bond acceptors (Lipinski definition) is 4. The van der Waals surface area contributed by atoms with Crippen LogP contribution in [0.5, 0.6) is 0 Å². The number of piperidine rings is 1. The van der Waals surface area contributed by atoms with Crippen LogP contribution < -0.4 is 5.56 Å². The molecule has 0 saturated carbocycles. The fraction of sp³-hybridized carbons (Fsp3) is 0.357. The number of amides is 1. The van der Waals surface area contributed by atoms with E-state index in [4.69, 9.17) is 0 Å². The highest BCUT2D eigenvalue weighted by Crippen LogP contribution is 2.12. The molecular weight excluding hydrogens is 258 g/mol. The van der Waals surface area contributed by atoms with Gasteiger partial charge in [0, 0.05) is 25.5 Å². The number of nitrogens with zero attached hydrogens (tertiary/aromatic N) is 3. The lowest BCUT2D eigenvalue weighted by atomic mass is 10.1. The number of hydrogen-bond donors (Lipinski definition) is 1. The van der Waals surface area contributed by atoms with E-state index in [0.29, 0.717) is 18.6 Å². The molecule has 0 bridgehead atoms. The second-order valence-electron chi connectivity index (χ2n) is 4.95. The van der Waals surface area contributed by atoms with Crippen LogP contribution in [0.1, 0.15) is 23.2 Å². The van der Waals surface area contributed by atoms with Crippen LogP contribution in [-0.2, 0) is 0 Å². The van der Waals surface area contributed by atoms with Gasteiger partial charge in [-0.25, -0.2) is 4.98 Å². The van der Waals surface area contributed by atoms with Crippen LogP contribution in [0.2, 0.25) is 0 Å². The molecule has 1 amide bonds. The van der Waals surface area contributed by atoms with E-state index in [-0.39, 0.29) is 23.6 Å². The van der Waals surface area contributed by atoms with Crippen LogP contribution in [0.3, 0.4) is 0 Å². The highest BCUT2D eigenvalue weighted by atomic mass is 16.3. The number of pyridine rings is 1. The molecule has 0 spiro atoms. The van der Waals surface area contributed by atoms with Gasteiger partial charge in [0.05, 0.1) is 6.10 Å². The second-order valence-corrected chi connectivity index (χ2v) is 4.95. The third-order valence-electron chi connectivity index (χ3n) is 3.53. The largest absolute Gasteiger partial charge is 0.391 e. The molecule has 1 aliphatic rings. The number of β-amino-alcohol motifs (C(OH)–C–C–N with tert-alkyl or cyclic N) is 1. The summed E-state index contributed by atoms with van der Waals surface area (Å²) in [5, 5.41) is 9.62. The van der Waals surface area contributed by atoms with Crippen molar-refractivity contribution in [2.45, 2.75) is 18.9 Å². The third-order valence-corrected chi connectivity index (χ3v) is 3.53. The maximum Gasteiger partial charge on any atom is 0.270 e. The maximum absolute atomic E-state index is 12.4. The van der Waals surface area contributed by atoms with E-state index in [0.717, 1.165) is 6.42 Å². The van der Waals surface area contributed by atoms with Crippen molar-refractivity contribution in [2.24, 2.45) is 0 Å². The minimum atomic E-state index is -0.510. The molecule has 1 N–H and O–H groups in total. The standard InChI is InChI=1S/C14H15N3O3/c18-10-4-3-6-16(9-10)13(19)11-8-15-12-5-1-2-7-17(12)14(11)20/h1-2,5,7-8,10,18H,3-4,6,9H2. The van der Waals surface area contributed by atoms with E-state index < -0.39 is 6.10 Å². The van der Waals surface area contributed by atoms with Gasteiger partial charge in [-0.3, -0.25) is 14.0 Å². The van der Waals surface area contributed by atoms with Gasteiger partial charge in [0.2, 0.25) is 0 Å². The molecular formula is C14H15N3O3. The van der Waals surface area contributed by atoms with E-state index in [2.05, 4.69) is 4.98 Å². The summed E-state index contributed by atoms with van der Waals surface area (Å²) in [6, 6.07) is 5.21. The summed E-state index contributed by atoms with van der Waals surface area (Å²) in [6.07, 6.45) is 3.84. The van der Waals surface area contributed by atoms with Gasteiger partial charge in [-0.15, -0.1) is 0 Å². The minimum absolute atomic E-state index is 0.0443. The lowest BCUT2D eigenvalue weighted by molar-refractivity contribution is 0.0472. The van der Waals surface area contributed by atoms with Crippen molar-refractivity contribution in [3.63, 3.8) is 0 Å². The lowest BCUT2D eigenvalue weighted by Crippen LogP contribution is -2.44. The molecule has 3 rings (SSSR count). The summed E-state index contributed by atoms with van der Waals surface area (Å²) in [5.74, 6) is -0.362. The maximum atomic E-state index is 12.4. The molecule has 1 aliphatic heterocycles. The zero-order chi connectivity index (χ0) is 14.1. The highest BCUT2D eigenvalue weighted by Gasteiger charge is 2.25. The Morgan fingerprint density at radius 3 is 3.05 bits per heavy atom. The lowest BCUT2D eigenvalue weighted by Gasteiger charge is -2.29. The Morgan fingerprint density at radius 1 is 1.40 bits per heavy atom. The van der Waals surface area contributed by atoms with Crippen LogP contribution in [0.25, 0.3) is 5.65 Å². The summed E-state index contributed by atoms with van der Waals surface area (Å²) < 4.78 is 1.35.